The van der Waals surface area contributed by atoms with Crippen LogP contribution in [0.5, 0.6) is 0 Å². The number of carbonyl (C=O) groups is 1. The van der Waals surface area contributed by atoms with Gasteiger partial charge in [-0.15, -0.1) is 11.3 Å². The molecule has 7 heteroatoms. The molecule has 0 aromatic carbocycles. The van der Waals surface area contributed by atoms with Gasteiger partial charge in [0.1, 0.15) is 9.77 Å². The Labute approximate surface area is 85.6 Å². The molecule has 0 amide bonds. The number of carboxylic acids is 1. The van der Waals surface area contributed by atoms with Gasteiger partial charge in [0.05, 0.1) is 0 Å². The van der Waals surface area contributed by atoms with Gasteiger partial charge < -0.3 is 5.11 Å². The lowest BCUT2D eigenvalue weighted by molar-refractivity contribution is 0.0698. The lowest BCUT2D eigenvalue weighted by Crippen LogP contribution is -2.23. The van der Waals surface area contributed by atoms with E-state index in [4.69, 9.17) is 5.11 Å². The van der Waals surface area contributed by atoms with E-state index < -0.39 is 16.0 Å². The molecule has 0 radical (unpaired) electrons. The maximum Gasteiger partial charge on any atom is 0.347 e. The smallest absolute Gasteiger partial charge is 0.347 e. The van der Waals surface area contributed by atoms with E-state index in [2.05, 4.69) is 0 Å². The number of sulfonamides is 1. The second-order valence-electron chi connectivity index (χ2n) is 2.71. The van der Waals surface area contributed by atoms with Gasteiger partial charge in [-0.05, 0) is 11.4 Å². The molecule has 1 rings (SSSR count). The zero-order chi connectivity index (χ0) is 10.9. The Morgan fingerprint density at radius 1 is 1.50 bits per heavy atom. The summed E-state index contributed by atoms with van der Waals surface area (Å²) in [5.74, 6) is -1.22. The highest BCUT2D eigenvalue weighted by Gasteiger charge is 2.25. The Morgan fingerprint density at radius 3 is 2.50 bits per heavy atom. The van der Waals surface area contributed by atoms with Gasteiger partial charge in [-0.2, -0.15) is 0 Å². The molecule has 0 bridgehead atoms. The number of aromatic carboxylic acids is 1. The summed E-state index contributed by atoms with van der Waals surface area (Å²) in [5.41, 5.74) is 0. The average molecular weight is 235 g/mol. The van der Waals surface area contributed by atoms with E-state index in [9.17, 15) is 13.2 Å². The van der Waals surface area contributed by atoms with E-state index in [0.29, 0.717) is 0 Å². The van der Waals surface area contributed by atoms with E-state index in [1.54, 1.807) is 0 Å². The third kappa shape index (κ3) is 1.79. The highest BCUT2D eigenvalue weighted by atomic mass is 32.2. The van der Waals surface area contributed by atoms with Crippen LogP contribution in [-0.2, 0) is 10.0 Å². The summed E-state index contributed by atoms with van der Waals surface area (Å²) in [5, 5.41) is 10.2. The fourth-order valence-corrected chi connectivity index (χ4v) is 2.98. The van der Waals surface area contributed by atoms with E-state index >= 15 is 0 Å². The number of hydrogen-bond donors (Lipinski definition) is 1. The van der Waals surface area contributed by atoms with Crippen molar-refractivity contribution in [3.8, 4) is 0 Å². The summed E-state index contributed by atoms with van der Waals surface area (Å²) in [4.78, 5) is 10.4. The maximum atomic E-state index is 11.6. The predicted octanol–water partition coefficient (Wildman–Crippen LogP) is 0.697. The van der Waals surface area contributed by atoms with Crippen LogP contribution < -0.4 is 0 Å². The summed E-state index contributed by atoms with van der Waals surface area (Å²) in [7, 11) is -0.927. The quantitative estimate of drug-likeness (QED) is 0.836. The topological polar surface area (TPSA) is 74.7 Å². The first-order valence-electron chi connectivity index (χ1n) is 3.60. The fraction of sp³-hybridized carbons (Fsp3) is 0.286. The van der Waals surface area contributed by atoms with Crippen molar-refractivity contribution >= 4 is 27.3 Å². The summed E-state index contributed by atoms with van der Waals surface area (Å²) < 4.78 is 24.2. The van der Waals surface area contributed by atoms with Crippen LogP contribution >= 0.6 is 11.3 Å². The van der Waals surface area contributed by atoms with Crippen LogP contribution in [0.25, 0.3) is 0 Å². The van der Waals surface area contributed by atoms with Crippen LogP contribution in [0, 0.1) is 0 Å². The molecule has 0 atom stereocenters. The molecule has 0 unspecified atom stereocenters. The average Bonchev–Trinajstić information content (AvgIpc) is 2.51. The molecule has 0 saturated carbocycles. The second-order valence-corrected chi connectivity index (χ2v) is 5.74. The molecule has 0 aliphatic heterocycles. The van der Waals surface area contributed by atoms with Gasteiger partial charge in [-0.3, -0.25) is 0 Å². The van der Waals surface area contributed by atoms with Gasteiger partial charge in [-0.25, -0.2) is 17.5 Å². The lowest BCUT2D eigenvalue weighted by Gasteiger charge is -2.10. The van der Waals surface area contributed by atoms with E-state index in [0.717, 1.165) is 15.6 Å². The first-order chi connectivity index (χ1) is 6.37. The molecule has 0 saturated heterocycles. The first kappa shape index (κ1) is 11.2. The fourth-order valence-electron chi connectivity index (χ4n) is 0.853. The predicted molar refractivity (Wildman–Crippen MR) is 52.2 cm³/mol. The van der Waals surface area contributed by atoms with Crippen LogP contribution in [0.2, 0.25) is 0 Å². The van der Waals surface area contributed by atoms with Crippen LogP contribution in [0.4, 0.5) is 0 Å². The minimum Gasteiger partial charge on any atom is -0.477 e. The molecule has 14 heavy (non-hydrogen) atoms. The Bertz CT molecular complexity index is 446. The standard InChI is InChI=1S/C7H9NO4S2/c1-8(2)14(11,12)5-3-4-13-6(5)7(9)10/h3-4H,1-2H3,(H,9,10). The molecule has 78 valence electrons. The van der Waals surface area contributed by atoms with Crippen molar-refractivity contribution in [2.75, 3.05) is 14.1 Å². The van der Waals surface area contributed by atoms with Crippen molar-refractivity contribution in [1.82, 2.24) is 4.31 Å². The van der Waals surface area contributed by atoms with Gasteiger partial charge >= 0.3 is 5.97 Å². The minimum atomic E-state index is -3.65. The third-order valence-electron chi connectivity index (χ3n) is 1.58. The van der Waals surface area contributed by atoms with E-state index in [1.165, 1.54) is 25.5 Å². The van der Waals surface area contributed by atoms with E-state index in [-0.39, 0.29) is 9.77 Å². The minimum absolute atomic E-state index is 0.153. The molecule has 0 aliphatic carbocycles. The Balaban J connectivity index is 3.34. The monoisotopic (exact) mass is 235 g/mol. The number of nitrogens with zero attached hydrogens (tertiary/aromatic N) is 1. The lowest BCUT2D eigenvalue weighted by atomic mass is 10.5. The number of hydrogen-bond acceptors (Lipinski definition) is 4. The molecule has 0 fully saturated rings. The second kappa shape index (κ2) is 3.68. The van der Waals surface area contributed by atoms with Gasteiger partial charge in [-0.1, -0.05) is 0 Å². The van der Waals surface area contributed by atoms with Gasteiger partial charge in [0.2, 0.25) is 10.0 Å². The number of carboxylic acid groups (broad SMARTS) is 1. The van der Waals surface area contributed by atoms with Crippen molar-refractivity contribution in [2.45, 2.75) is 4.90 Å². The van der Waals surface area contributed by atoms with Crippen molar-refractivity contribution in [3.63, 3.8) is 0 Å². The summed E-state index contributed by atoms with van der Waals surface area (Å²) in [6, 6.07) is 1.30. The largest absolute Gasteiger partial charge is 0.477 e. The molecular formula is C7H9NO4S2. The summed E-state index contributed by atoms with van der Waals surface area (Å²) in [6.45, 7) is 0. The summed E-state index contributed by atoms with van der Waals surface area (Å²) in [6.07, 6.45) is 0. The number of rotatable bonds is 3. The molecule has 1 aromatic rings. The first-order valence-corrected chi connectivity index (χ1v) is 5.92. The van der Waals surface area contributed by atoms with Crippen molar-refractivity contribution in [2.24, 2.45) is 0 Å². The Hall–Kier alpha value is -0.920. The van der Waals surface area contributed by atoms with Crippen molar-refractivity contribution < 1.29 is 18.3 Å². The van der Waals surface area contributed by atoms with E-state index in [1.807, 2.05) is 0 Å². The van der Waals surface area contributed by atoms with Crippen LogP contribution in [0.15, 0.2) is 16.3 Å². The van der Waals surface area contributed by atoms with Crippen LogP contribution in [0.1, 0.15) is 9.67 Å². The molecule has 1 aromatic heterocycles. The highest BCUT2D eigenvalue weighted by molar-refractivity contribution is 7.89. The van der Waals surface area contributed by atoms with Gasteiger partial charge in [0.15, 0.2) is 0 Å². The Kier molecular flexibility index (Phi) is 2.93. The molecule has 0 spiro atoms. The van der Waals surface area contributed by atoms with Crippen LogP contribution in [0.3, 0.4) is 0 Å². The number of thiophene rings is 1. The van der Waals surface area contributed by atoms with Crippen molar-refractivity contribution in [1.29, 1.82) is 0 Å². The van der Waals surface area contributed by atoms with Gasteiger partial charge in [0, 0.05) is 14.1 Å². The third-order valence-corrected chi connectivity index (χ3v) is 4.47. The summed E-state index contributed by atoms with van der Waals surface area (Å²) >= 11 is 0.897. The normalized spacial score (nSPS) is 11.9. The zero-order valence-electron chi connectivity index (χ0n) is 7.59. The maximum absolute atomic E-state index is 11.6. The highest BCUT2D eigenvalue weighted by Crippen LogP contribution is 2.23. The van der Waals surface area contributed by atoms with Gasteiger partial charge in [0.25, 0.3) is 0 Å². The zero-order valence-corrected chi connectivity index (χ0v) is 9.22. The SMILES string of the molecule is CN(C)S(=O)(=O)c1ccsc1C(=O)O. The van der Waals surface area contributed by atoms with Crippen LogP contribution in [-0.4, -0.2) is 37.9 Å². The molecule has 0 aliphatic rings. The molecule has 1 heterocycles. The molecule has 1 N–H and O–H groups in total. The molecular weight excluding hydrogens is 226 g/mol. The molecule has 5 nitrogen and oxygen atoms in total. The Morgan fingerprint density at radius 2 is 2.07 bits per heavy atom. The van der Waals surface area contributed by atoms with Crippen molar-refractivity contribution in [3.05, 3.63) is 16.3 Å².